The molecule has 0 saturated carbocycles. The van der Waals surface area contributed by atoms with E-state index in [0.717, 1.165) is 97.8 Å². The Morgan fingerprint density at radius 1 is 1.10 bits per heavy atom. The number of hydrogen-bond acceptors (Lipinski definition) is 6. The first-order chi connectivity index (χ1) is 19.0. The Labute approximate surface area is 236 Å². The van der Waals surface area contributed by atoms with E-state index < -0.39 is 11.4 Å². The molecule has 0 bridgehead atoms. The molecule has 1 saturated heterocycles. The van der Waals surface area contributed by atoms with E-state index in [2.05, 4.69) is 31.4 Å². The van der Waals surface area contributed by atoms with Crippen LogP contribution in [0.4, 0.5) is 0 Å². The number of halogens is 1. The third kappa shape index (κ3) is 5.87. The number of nitrogens with zero attached hydrogens (tertiary/aromatic N) is 5. The van der Waals surface area contributed by atoms with Gasteiger partial charge in [0.05, 0.1) is 54.4 Å². The predicted octanol–water partition coefficient (Wildman–Crippen LogP) is 3.85. The Kier molecular flexibility index (Phi) is 7.93. The first kappa shape index (κ1) is 26.4. The minimum Gasteiger partial charge on any atom is -0.598 e. The van der Waals surface area contributed by atoms with Gasteiger partial charge in [0.2, 0.25) is 0 Å². The van der Waals surface area contributed by atoms with Gasteiger partial charge in [-0.15, -0.1) is 4.31 Å². The van der Waals surface area contributed by atoms with Crippen molar-refractivity contribution in [2.75, 3.05) is 45.6 Å². The summed E-state index contributed by atoms with van der Waals surface area (Å²) in [6.45, 7) is 6.87. The zero-order valence-electron chi connectivity index (χ0n) is 22.0. The lowest BCUT2D eigenvalue weighted by Crippen LogP contribution is -2.37. The molecule has 6 rings (SSSR count). The second-order valence-corrected chi connectivity index (χ2v) is 11.7. The van der Waals surface area contributed by atoms with Crippen LogP contribution in [0.3, 0.4) is 0 Å². The molecule has 0 amide bonds. The van der Waals surface area contributed by atoms with Gasteiger partial charge >= 0.3 is 0 Å². The van der Waals surface area contributed by atoms with E-state index in [1.54, 1.807) is 12.6 Å². The molecule has 10 heteroatoms. The van der Waals surface area contributed by atoms with Gasteiger partial charge in [0.15, 0.2) is 0 Å². The summed E-state index contributed by atoms with van der Waals surface area (Å²) in [6.07, 6.45) is 5.28. The van der Waals surface area contributed by atoms with Gasteiger partial charge in [-0.25, -0.2) is 4.98 Å². The fraction of sp³-hybridized carbons (Fsp3) is 0.379. The molecule has 39 heavy (non-hydrogen) atoms. The minimum atomic E-state index is -1.04. The molecule has 4 heterocycles. The van der Waals surface area contributed by atoms with Crippen LogP contribution in [0.5, 0.6) is 0 Å². The standard InChI is InChI=1S/C29H31ClN6O2S/c1-39(37)35-12-9-28-24(19-35)29(33-36(28)11-2-10-34-13-15-38-16-14-34)23-6-7-25(30)22(18-23)5-3-21-4-8-26-27(17-21)32-20-31-26/h4,6-8,17-18,20H,2,9-16,19H2,1H3,(H,31,32). The Bertz CT molecular complexity index is 1530. The maximum Gasteiger partial charge on any atom is 0.115 e. The Morgan fingerprint density at radius 3 is 2.82 bits per heavy atom. The number of imidazole rings is 1. The number of hydrogen-bond donors (Lipinski definition) is 1. The van der Waals surface area contributed by atoms with Crippen molar-refractivity contribution in [3.8, 4) is 23.1 Å². The van der Waals surface area contributed by atoms with Crippen molar-refractivity contribution in [1.29, 1.82) is 0 Å². The highest BCUT2D eigenvalue weighted by atomic mass is 35.5. The lowest BCUT2D eigenvalue weighted by atomic mass is 10.0. The Balaban J connectivity index is 1.29. The summed E-state index contributed by atoms with van der Waals surface area (Å²) in [5, 5.41) is 5.70. The molecule has 1 fully saturated rings. The smallest absolute Gasteiger partial charge is 0.115 e. The number of ether oxygens (including phenoxy) is 1. The zero-order chi connectivity index (χ0) is 26.8. The molecule has 2 aliphatic heterocycles. The van der Waals surface area contributed by atoms with Gasteiger partial charge in [-0.05, 0) is 36.8 Å². The van der Waals surface area contributed by atoms with E-state index in [1.165, 1.54) is 5.69 Å². The SMILES string of the molecule is C[S+]([O-])N1CCc2c(c(-c3ccc(Cl)c(C#Cc4ccc5[nH]cnc5c4)c3)nn2CCCN2CCOCC2)C1. The molecule has 2 aromatic heterocycles. The molecular weight excluding hydrogens is 532 g/mol. The van der Waals surface area contributed by atoms with Crippen LogP contribution in [0.25, 0.3) is 22.3 Å². The van der Waals surface area contributed by atoms with E-state index in [-0.39, 0.29) is 0 Å². The third-order valence-electron chi connectivity index (χ3n) is 7.41. The molecule has 1 N–H and O–H groups in total. The van der Waals surface area contributed by atoms with Crippen molar-refractivity contribution < 1.29 is 9.29 Å². The predicted molar refractivity (Wildman–Crippen MR) is 155 cm³/mol. The number of H-pyrrole nitrogens is 1. The maximum atomic E-state index is 12.3. The molecule has 2 aliphatic rings. The topological polar surface area (TPSA) is 85.3 Å². The second kappa shape index (κ2) is 11.7. The lowest BCUT2D eigenvalue weighted by molar-refractivity contribution is 0.0368. The maximum absolute atomic E-state index is 12.3. The highest BCUT2D eigenvalue weighted by Crippen LogP contribution is 2.33. The van der Waals surface area contributed by atoms with E-state index in [9.17, 15) is 4.55 Å². The molecular formula is C29H31ClN6O2S. The van der Waals surface area contributed by atoms with Crippen molar-refractivity contribution in [2.24, 2.45) is 0 Å². The van der Waals surface area contributed by atoms with Crippen LogP contribution < -0.4 is 0 Å². The van der Waals surface area contributed by atoms with Crippen LogP contribution >= 0.6 is 11.6 Å². The van der Waals surface area contributed by atoms with Gasteiger partial charge in [0.1, 0.15) is 6.26 Å². The molecule has 202 valence electrons. The van der Waals surface area contributed by atoms with Crippen molar-refractivity contribution in [2.45, 2.75) is 25.9 Å². The summed E-state index contributed by atoms with van der Waals surface area (Å²) in [5.41, 5.74) is 7.76. The van der Waals surface area contributed by atoms with Gasteiger partial charge in [-0.2, -0.15) is 5.10 Å². The first-order valence-electron chi connectivity index (χ1n) is 13.3. The number of fused-ring (bicyclic) bond motifs is 2. The normalized spacial score (nSPS) is 17.1. The van der Waals surface area contributed by atoms with Gasteiger partial charge in [0, 0.05) is 71.9 Å². The summed E-state index contributed by atoms with van der Waals surface area (Å²) in [7, 11) is 0. The van der Waals surface area contributed by atoms with Crippen molar-refractivity contribution in [1.82, 2.24) is 29.0 Å². The van der Waals surface area contributed by atoms with Crippen LogP contribution in [0.15, 0.2) is 42.7 Å². The Morgan fingerprint density at radius 2 is 1.97 bits per heavy atom. The summed E-state index contributed by atoms with van der Waals surface area (Å²) >= 11 is 5.54. The van der Waals surface area contributed by atoms with Crippen LogP contribution in [-0.2, 0) is 35.6 Å². The fourth-order valence-corrected chi connectivity index (χ4v) is 6.11. The van der Waals surface area contributed by atoms with Gasteiger partial charge in [-0.1, -0.05) is 29.5 Å². The summed E-state index contributed by atoms with van der Waals surface area (Å²) in [4.78, 5) is 9.88. The number of morpholine rings is 1. The van der Waals surface area contributed by atoms with Crippen molar-refractivity contribution in [3.05, 3.63) is 70.1 Å². The quantitative estimate of drug-likeness (QED) is 0.284. The van der Waals surface area contributed by atoms with Gasteiger partial charge in [0.25, 0.3) is 0 Å². The summed E-state index contributed by atoms with van der Waals surface area (Å²) in [6, 6.07) is 11.8. The monoisotopic (exact) mass is 562 g/mol. The third-order valence-corrected chi connectivity index (χ3v) is 8.78. The number of aryl methyl sites for hydroxylation is 1. The number of benzene rings is 2. The summed E-state index contributed by atoms with van der Waals surface area (Å²) < 4.78 is 22.0. The first-order valence-corrected chi connectivity index (χ1v) is 15.2. The highest BCUT2D eigenvalue weighted by molar-refractivity contribution is 7.88. The number of nitrogens with one attached hydrogen (secondary N) is 1. The average molecular weight is 563 g/mol. The van der Waals surface area contributed by atoms with Crippen LogP contribution in [-0.4, -0.2) is 79.2 Å². The molecule has 8 nitrogen and oxygen atoms in total. The van der Waals surface area contributed by atoms with E-state index >= 15 is 0 Å². The molecule has 1 unspecified atom stereocenters. The summed E-state index contributed by atoms with van der Waals surface area (Å²) in [5.74, 6) is 6.49. The van der Waals surface area contributed by atoms with Crippen molar-refractivity contribution >= 4 is 34.0 Å². The largest absolute Gasteiger partial charge is 0.598 e. The average Bonchev–Trinajstić information content (AvgIpc) is 3.57. The van der Waals surface area contributed by atoms with E-state index in [1.807, 2.05) is 40.7 Å². The minimum absolute atomic E-state index is 0.599. The molecule has 0 aliphatic carbocycles. The van der Waals surface area contributed by atoms with Crippen LogP contribution in [0.2, 0.25) is 5.02 Å². The van der Waals surface area contributed by atoms with Gasteiger partial charge in [-0.3, -0.25) is 9.58 Å². The van der Waals surface area contributed by atoms with Crippen molar-refractivity contribution in [3.63, 3.8) is 0 Å². The Hall–Kier alpha value is -2.84. The molecule has 2 aromatic carbocycles. The second-order valence-electron chi connectivity index (χ2n) is 9.92. The fourth-order valence-electron chi connectivity index (χ4n) is 5.29. The zero-order valence-corrected chi connectivity index (χ0v) is 23.5. The lowest BCUT2D eigenvalue weighted by Gasteiger charge is -2.27. The molecule has 0 spiro atoms. The molecule has 4 aromatic rings. The molecule has 0 radical (unpaired) electrons. The van der Waals surface area contributed by atoms with Crippen LogP contribution in [0, 0.1) is 11.8 Å². The number of aromatic nitrogens is 4. The van der Waals surface area contributed by atoms with E-state index in [4.69, 9.17) is 21.4 Å². The number of rotatable bonds is 6. The van der Waals surface area contributed by atoms with Crippen LogP contribution in [0.1, 0.15) is 28.8 Å². The van der Waals surface area contributed by atoms with E-state index in [0.29, 0.717) is 11.6 Å². The van der Waals surface area contributed by atoms with Gasteiger partial charge < -0.3 is 14.3 Å². The number of aromatic amines is 1. The highest BCUT2D eigenvalue weighted by Gasteiger charge is 2.29. The molecule has 1 atom stereocenters.